The molecule has 0 N–H and O–H groups in total. The topological polar surface area (TPSA) is 80.8 Å². The standard InChI is InChI=1S/C28H41N3O6S/c1-22-17-26(34-5)18-23(2)28(22)38(33)30(4)9-13-36-21-27(32)29(3)20-24-7-6-8-25(19-24)37-16-12-31-10-14-35-15-11-31/h6-8,17-19H,9-16,20-21H2,1-5H3. The van der Waals surface area contributed by atoms with Crippen molar-refractivity contribution in [1.82, 2.24) is 14.1 Å². The number of likely N-dealkylation sites (N-methyl/N-ethyl adjacent to an activating group) is 2. The second kappa shape index (κ2) is 15.2. The average Bonchev–Trinajstić information content (AvgIpc) is 2.91. The highest BCUT2D eigenvalue weighted by Gasteiger charge is 2.17. The van der Waals surface area contributed by atoms with Crippen LogP contribution in [0.25, 0.3) is 0 Å². The molecular weight excluding hydrogens is 506 g/mol. The average molecular weight is 548 g/mol. The molecule has 1 saturated heterocycles. The Morgan fingerprint density at radius 3 is 2.45 bits per heavy atom. The Balaban J connectivity index is 1.38. The molecule has 1 amide bonds. The van der Waals surface area contributed by atoms with Gasteiger partial charge in [-0.05, 0) is 54.8 Å². The minimum Gasteiger partial charge on any atom is -0.497 e. The monoisotopic (exact) mass is 547 g/mol. The highest BCUT2D eigenvalue weighted by Crippen LogP contribution is 2.25. The molecule has 210 valence electrons. The van der Waals surface area contributed by atoms with Crippen molar-refractivity contribution < 1.29 is 28.0 Å². The number of hydrogen-bond acceptors (Lipinski definition) is 7. The molecule has 0 spiro atoms. The number of morpholine rings is 1. The Bertz CT molecular complexity index is 1050. The lowest BCUT2D eigenvalue weighted by molar-refractivity contribution is -0.135. The summed E-state index contributed by atoms with van der Waals surface area (Å²) in [4.78, 5) is 17.3. The molecule has 0 aromatic heterocycles. The van der Waals surface area contributed by atoms with Gasteiger partial charge in [0.15, 0.2) is 0 Å². The van der Waals surface area contributed by atoms with Crippen molar-refractivity contribution in [2.45, 2.75) is 25.3 Å². The number of carbonyl (C=O) groups is 1. The molecule has 10 heteroatoms. The van der Waals surface area contributed by atoms with Gasteiger partial charge in [-0.3, -0.25) is 9.69 Å². The Labute approximate surface area is 229 Å². The maximum Gasteiger partial charge on any atom is 0.248 e. The molecule has 1 unspecified atom stereocenters. The number of benzene rings is 2. The normalized spacial score (nSPS) is 14.9. The van der Waals surface area contributed by atoms with Crippen LogP contribution in [0, 0.1) is 13.8 Å². The Morgan fingerprint density at radius 2 is 1.76 bits per heavy atom. The van der Waals surface area contributed by atoms with Crippen molar-refractivity contribution in [1.29, 1.82) is 0 Å². The van der Waals surface area contributed by atoms with Gasteiger partial charge in [0.05, 0.1) is 31.8 Å². The van der Waals surface area contributed by atoms with Crippen molar-refractivity contribution in [3.63, 3.8) is 0 Å². The van der Waals surface area contributed by atoms with E-state index in [-0.39, 0.29) is 12.5 Å². The van der Waals surface area contributed by atoms with E-state index in [2.05, 4.69) is 4.90 Å². The summed E-state index contributed by atoms with van der Waals surface area (Å²) in [5.74, 6) is 1.43. The number of hydrogen-bond donors (Lipinski definition) is 0. The van der Waals surface area contributed by atoms with Crippen LogP contribution in [-0.2, 0) is 31.8 Å². The van der Waals surface area contributed by atoms with Gasteiger partial charge in [0.25, 0.3) is 0 Å². The van der Waals surface area contributed by atoms with Crippen LogP contribution >= 0.6 is 0 Å². The quantitative estimate of drug-likeness (QED) is 0.337. The van der Waals surface area contributed by atoms with E-state index in [0.29, 0.717) is 26.3 Å². The van der Waals surface area contributed by atoms with Crippen LogP contribution in [0.2, 0.25) is 0 Å². The van der Waals surface area contributed by atoms with Crippen LogP contribution in [0.4, 0.5) is 0 Å². The Morgan fingerprint density at radius 1 is 1.05 bits per heavy atom. The molecule has 1 heterocycles. The van der Waals surface area contributed by atoms with Crippen LogP contribution in [0.15, 0.2) is 41.3 Å². The first-order chi connectivity index (χ1) is 18.3. The second-order valence-electron chi connectivity index (χ2n) is 9.44. The third kappa shape index (κ3) is 9.06. The van der Waals surface area contributed by atoms with Crippen LogP contribution < -0.4 is 9.47 Å². The summed E-state index contributed by atoms with van der Waals surface area (Å²) < 4.78 is 37.0. The summed E-state index contributed by atoms with van der Waals surface area (Å²) in [6.45, 7) is 9.91. The van der Waals surface area contributed by atoms with E-state index >= 15 is 0 Å². The molecule has 0 saturated carbocycles. The zero-order valence-corrected chi connectivity index (χ0v) is 24.1. The molecule has 9 nitrogen and oxygen atoms in total. The zero-order chi connectivity index (χ0) is 27.5. The zero-order valence-electron chi connectivity index (χ0n) is 23.2. The molecule has 0 aliphatic carbocycles. The SMILES string of the molecule is COc1cc(C)c(S(=O)N(C)CCOCC(=O)N(C)Cc2cccc(OCCN3CCOCC3)c2)c(C)c1. The fourth-order valence-electron chi connectivity index (χ4n) is 4.22. The first-order valence-electron chi connectivity index (χ1n) is 12.9. The van der Waals surface area contributed by atoms with E-state index in [1.54, 1.807) is 30.4 Å². The molecule has 0 bridgehead atoms. The molecular formula is C28H41N3O6S. The minimum atomic E-state index is -1.34. The van der Waals surface area contributed by atoms with Gasteiger partial charge in [-0.15, -0.1) is 0 Å². The summed E-state index contributed by atoms with van der Waals surface area (Å²) in [6.07, 6.45) is 0. The third-order valence-corrected chi connectivity index (χ3v) is 8.17. The van der Waals surface area contributed by atoms with Crippen molar-refractivity contribution in [3.8, 4) is 11.5 Å². The second-order valence-corrected chi connectivity index (χ2v) is 11.0. The predicted molar refractivity (Wildman–Crippen MR) is 148 cm³/mol. The summed E-state index contributed by atoms with van der Waals surface area (Å²) >= 11 is 0. The lowest BCUT2D eigenvalue weighted by Gasteiger charge is -2.26. The van der Waals surface area contributed by atoms with Crippen molar-refractivity contribution >= 4 is 16.9 Å². The number of aryl methyl sites for hydroxylation is 2. The van der Waals surface area contributed by atoms with Gasteiger partial charge >= 0.3 is 0 Å². The highest BCUT2D eigenvalue weighted by atomic mass is 32.2. The molecule has 1 fully saturated rings. The van der Waals surface area contributed by atoms with E-state index < -0.39 is 11.0 Å². The largest absolute Gasteiger partial charge is 0.497 e. The third-order valence-electron chi connectivity index (χ3n) is 6.43. The smallest absolute Gasteiger partial charge is 0.248 e. The van der Waals surface area contributed by atoms with Gasteiger partial charge in [0.2, 0.25) is 5.91 Å². The first kappa shape index (κ1) is 30.0. The molecule has 2 aromatic rings. The molecule has 1 aliphatic heterocycles. The van der Waals surface area contributed by atoms with Gasteiger partial charge in [-0.1, -0.05) is 12.1 Å². The maximum absolute atomic E-state index is 13.0. The molecule has 38 heavy (non-hydrogen) atoms. The Hall–Kier alpha value is -2.50. The number of rotatable bonds is 14. The van der Waals surface area contributed by atoms with E-state index in [9.17, 15) is 9.00 Å². The predicted octanol–water partition coefficient (Wildman–Crippen LogP) is 2.65. The number of methoxy groups -OCH3 is 1. The van der Waals surface area contributed by atoms with E-state index in [1.165, 1.54) is 0 Å². The van der Waals surface area contributed by atoms with Crippen LogP contribution in [0.3, 0.4) is 0 Å². The summed E-state index contributed by atoms with van der Waals surface area (Å²) in [7, 11) is 3.83. The lowest BCUT2D eigenvalue weighted by Crippen LogP contribution is -2.38. The van der Waals surface area contributed by atoms with Crippen LogP contribution in [-0.4, -0.2) is 105 Å². The van der Waals surface area contributed by atoms with E-state index in [4.69, 9.17) is 18.9 Å². The fraction of sp³-hybridized carbons (Fsp3) is 0.536. The van der Waals surface area contributed by atoms with E-state index in [1.807, 2.05) is 50.2 Å². The molecule has 2 aromatic carbocycles. The van der Waals surface area contributed by atoms with Gasteiger partial charge < -0.3 is 23.8 Å². The first-order valence-corrected chi connectivity index (χ1v) is 14.0. The van der Waals surface area contributed by atoms with Gasteiger partial charge in [-0.25, -0.2) is 8.51 Å². The van der Waals surface area contributed by atoms with Crippen LogP contribution in [0.1, 0.15) is 16.7 Å². The minimum absolute atomic E-state index is 0.0344. The number of ether oxygens (including phenoxy) is 4. The van der Waals surface area contributed by atoms with Crippen molar-refractivity contribution in [2.24, 2.45) is 0 Å². The van der Waals surface area contributed by atoms with Crippen LogP contribution in [0.5, 0.6) is 11.5 Å². The fourth-order valence-corrected chi connectivity index (χ4v) is 5.44. The summed E-state index contributed by atoms with van der Waals surface area (Å²) in [5, 5.41) is 0. The number of nitrogens with zero attached hydrogens (tertiary/aromatic N) is 3. The van der Waals surface area contributed by atoms with Crippen molar-refractivity contribution in [2.75, 3.05) is 80.4 Å². The molecule has 1 atom stereocenters. The van der Waals surface area contributed by atoms with Gasteiger partial charge in [0, 0.05) is 46.8 Å². The number of amides is 1. The Kier molecular flexibility index (Phi) is 12.0. The molecule has 1 aliphatic rings. The summed E-state index contributed by atoms with van der Waals surface area (Å²) in [5.41, 5.74) is 2.82. The van der Waals surface area contributed by atoms with Crippen molar-refractivity contribution in [3.05, 3.63) is 53.1 Å². The summed E-state index contributed by atoms with van der Waals surface area (Å²) in [6, 6.07) is 11.6. The lowest BCUT2D eigenvalue weighted by atomic mass is 10.1. The number of carbonyl (C=O) groups excluding carboxylic acids is 1. The van der Waals surface area contributed by atoms with Gasteiger partial charge in [0.1, 0.15) is 35.7 Å². The van der Waals surface area contributed by atoms with Gasteiger partial charge in [-0.2, -0.15) is 0 Å². The molecule has 0 radical (unpaired) electrons. The molecule has 3 rings (SSSR count). The van der Waals surface area contributed by atoms with E-state index in [0.717, 1.165) is 65.9 Å². The maximum atomic E-state index is 13.0. The highest BCUT2D eigenvalue weighted by molar-refractivity contribution is 7.82.